The number of hydrogen-bond donors (Lipinski definition) is 0. The summed E-state index contributed by atoms with van der Waals surface area (Å²) in [5, 5.41) is 0. The standard InChI is InChI=1S/C36H24F8/c1-2-3-21-4-6-22(7-5-21)23-8-11-27(31(37)16-23)24-9-12-28(32(38)17-24)25-10-13-29(33(39)18-25)26-19-34(40)30(35(41)20-26)14-15-36(42,43)44/h4-20H,2-3H2,1H3/b15-14+. The van der Waals surface area contributed by atoms with Gasteiger partial charge in [0.1, 0.15) is 29.1 Å². The summed E-state index contributed by atoms with van der Waals surface area (Å²) < 4.78 is 111. The van der Waals surface area contributed by atoms with Crippen molar-refractivity contribution in [3.63, 3.8) is 0 Å². The number of rotatable bonds is 7. The smallest absolute Gasteiger partial charge is 0.206 e. The lowest BCUT2D eigenvalue weighted by molar-refractivity contribution is -0.0790. The monoisotopic (exact) mass is 608 g/mol. The predicted octanol–water partition coefficient (Wildman–Crippen LogP) is 11.6. The van der Waals surface area contributed by atoms with Crippen LogP contribution >= 0.6 is 0 Å². The Morgan fingerprint density at radius 1 is 0.500 bits per heavy atom. The van der Waals surface area contributed by atoms with Crippen LogP contribution in [0.1, 0.15) is 24.5 Å². The Labute approximate surface area is 248 Å². The molecule has 5 rings (SSSR count). The van der Waals surface area contributed by atoms with Crippen molar-refractivity contribution >= 4 is 6.08 Å². The predicted molar refractivity (Wildman–Crippen MR) is 157 cm³/mol. The first kappa shape index (κ1) is 30.7. The first-order chi connectivity index (χ1) is 20.9. The van der Waals surface area contributed by atoms with Crippen LogP contribution in [0.2, 0.25) is 0 Å². The van der Waals surface area contributed by atoms with Crippen LogP contribution in [0.5, 0.6) is 0 Å². The van der Waals surface area contributed by atoms with Crippen LogP contribution in [0.25, 0.3) is 50.6 Å². The quantitative estimate of drug-likeness (QED) is 0.161. The minimum atomic E-state index is -4.77. The van der Waals surface area contributed by atoms with Crippen molar-refractivity contribution in [3.8, 4) is 44.5 Å². The third-order valence-electron chi connectivity index (χ3n) is 7.18. The molecule has 0 spiro atoms. The van der Waals surface area contributed by atoms with Gasteiger partial charge in [0, 0.05) is 28.3 Å². The Hall–Kier alpha value is -4.72. The van der Waals surface area contributed by atoms with Gasteiger partial charge in [0.2, 0.25) is 0 Å². The van der Waals surface area contributed by atoms with Gasteiger partial charge in [-0.1, -0.05) is 74.0 Å². The van der Waals surface area contributed by atoms with E-state index in [-0.39, 0.29) is 45.5 Å². The van der Waals surface area contributed by atoms with Crippen molar-refractivity contribution in [2.45, 2.75) is 25.9 Å². The summed E-state index contributed by atoms with van der Waals surface area (Å²) in [6.45, 7) is 2.09. The van der Waals surface area contributed by atoms with Gasteiger partial charge in [-0.3, -0.25) is 0 Å². The first-order valence-electron chi connectivity index (χ1n) is 13.7. The van der Waals surface area contributed by atoms with Crippen molar-refractivity contribution in [2.24, 2.45) is 0 Å². The number of benzene rings is 5. The van der Waals surface area contributed by atoms with Gasteiger partial charge in [0.05, 0.1) is 0 Å². The fourth-order valence-corrected chi connectivity index (χ4v) is 4.99. The Morgan fingerprint density at radius 3 is 1.36 bits per heavy atom. The molecule has 0 unspecified atom stereocenters. The van der Waals surface area contributed by atoms with E-state index in [2.05, 4.69) is 6.92 Å². The van der Waals surface area contributed by atoms with Crippen molar-refractivity contribution < 1.29 is 35.1 Å². The zero-order valence-corrected chi connectivity index (χ0v) is 23.3. The molecule has 0 nitrogen and oxygen atoms in total. The van der Waals surface area contributed by atoms with Crippen LogP contribution in [-0.2, 0) is 6.42 Å². The Bertz CT molecular complexity index is 1830. The van der Waals surface area contributed by atoms with Gasteiger partial charge in [-0.25, -0.2) is 22.0 Å². The average Bonchev–Trinajstić information content (AvgIpc) is 2.96. The molecule has 0 heterocycles. The van der Waals surface area contributed by atoms with E-state index in [1.54, 1.807) is 12.1 Å². The summed E-state index contributed by atoms with van der Waals surface area (Å²) >= 11 is 0. The molecule has 44 heavy (non-hydrogen) atoms. The van der Waals surface area contributed by atoms with E-state index in [0.717, 1.165) is 30.5 Å². The van der Waals surface area contributed by atoms with Crippen LogP contribution in [0.4, 0.5) is 35.1 Å². The van der Waals surface area contributed by atoms with E-state index >= 15 is 13.2 Å². The minimum absolute atomic E-state index is 0.00777. The summed E-state index contributed by atoms with van der Waals surface area (Å²) in [6.07, 6.45) is -2.85. The molecule has 0 aliphatic heterocycles. The second kappa shape index (κ2) is 12.5. The highest BCUT2D eigenvalue weighted by Crippen LogP contribution is 2.35. The Balaban J connectivity index is 1.39. The molecule has 5 aromatic carbocycles. The molecule has 0 aromatic heterocycles. The summed E-state index contributed by atoms with van der Waals surface area (Å²) in [4.78, 5) is 0. The number of hydrogen-bond acceptors (Lipinski definition) is 0. The van der Waals surface area contributed by atoms with Gasteiger partial charge in [-0.2, -0.15) is 13.2 Å². The largest absolute Gasteiger partial charge is 0.409 e. The lowest BCUT2D eigenvalue weighted by atomic mass is 9.95. The topological polar surface area (TPSA) is 0 Å². The minimum Gasteiger partial charge on any atom is -0.206 e. The molecule has 0 fully saturated rings. The van der Waals surface area contributed by atoms with E-state index in [9.17, 15) is 22.0 Å². The molecular weight excluding hydrogens is 584 g/mol. The van der Waals surface area contributed by atoms with Gasteiger partial charge >= 0.3 is 6.18 Å². The van der Waals surface area contributed by atoms with Gasteiger partial charge in [-0.15, -0.1) is 0 Å². The molecule has 0 amide bonds. The fourth-order valence-electron chi connectivity index (χ4n) is 4.99. The van der Waals surface area contributed by atoms with Crippen LogP contribution in [0.3, 0.4) is 0 Å². The average molecular weight is 609 g/mol. The van der Waals surface area contributed by atoms with Crippen LogP contribution in [0.15, 0.2) is 97.1 Å². The van der Waals surface area contributed by atoms with Crippen LogP contribution in [-0.4, -0.2) is 6.18 Å². The van der Waals surface area contributed by atoms with Crippen molar-refractivity contribution in [1.82, 2.24) is 0 Å². The number of alkyl halides is 3. The maximum Gasteiger partial charge on any atom is 0.409 e. The molecule has 0 N–H and O–H groups in total. The summed E-state index contributed by atoms with van der Waals surface area (Å²) in [5.74, 6) is -4.84. The molecule has 0 radical (unpaired) electrons. The molecule has 8 heteroatoms. The molecule has 0 saturated carbocycles. The number of allylic oxidation sites excluding steroid dienone is 1. The highest BCUT2D eigenvalue weighted by atomic mass is 19.4. The summed E-state index contributed by atoms with van der Waals surface area (Å²) in [7, 11) is 0. The van der Waals surface area contributed by atoms with Gasteiger partial charge in [0.15, 0.2) is 0 Å². The second-order valence-electron chi connectivity index (χ2n) is 10.3. The highest BCUT2D eigenvalue weighted by molar-refractivity contribution is 5.76. The maximum absolute atomic E-state index is 15.2. The Morgan fingerprint density at radius 2 is 0.909 bits per heavy atom. The molecule has 5 aromatic rings. The Kier molecular flexibility index (Phi) is 8.72. The van der Waals surface area contributed by atoms with Gasteiger partial charge in [0.25, 0.3) is 0 Å². The molecule has 0 aliphatic rings. The van der Waals surface area contributed by atoms with E-state index < -0.39 is 40.8 Å². The number of aryl methyl sites for hydroxylation is 1. The lowest BCUT2D eigenvalue weighted by Gasteiger charge is -2.11. The molecule has 224 valence electrons. The number of halogens is 8. The van der Waals surface area contributed by atoms with Crippen LogP contribution < -0.4 is 0 Å². The SMILES string of the molecule is CCCc1ccc(-c2ccc(-c3ccc(-c4ccc(-c5cc(F)c(/C=C/C(F)(F)F)c(F)c5)c(F)c4)c(F)c3)c(F)c2)cc1. The van der Waals surface area contributed by atoms with E-state index in [0.29, 0.717) is 17.7 Å². The first-order valence-corrected chi connectivity index (χ1v) is 13.7. The normalized spacial score (nSPS) is 11.8. The van der Waals surface area contributed by atoms with Gasteiger partial charge in [-0.05, 0) is 76.2 Å². The van der Waals surface area contributed by atoms with Crippen LogP contribution in [0, 0.1) is 29.1 Å². The van der Waals surface area contributed by atoms with Crippen molar-refractivity contribution in [2.75, 3.05) is 0 Å². The fraction of sp³-hybridized carbons (Fsp3) is 0.111. The zero-order chi connectivity index (χ0) is 31.6. The third kappa shape index (κ3) is 6.75. The van der Waals surface area contributed by atoms with Crippen molar-refractivity contribution in [1.29, 1.82) is 0 Å². The van der Waals surface area contributed by atoms with Crippen molar-refractivity contribution in [3.05, 3.63) is 137 Å². The lowest BCUT2D eigenvalue weighted by Crippen LogP contribution is -2.01. The summed E-state index contributed by atoms with van der Waals surface area (Å²) in [5.41, 5.74) is 1.88. The highest BCUT2D eigenvalue weighted by Gasteiger charge is 2.23. The zero-order valence-electron chi connectivity index (χ0n) is 23.3. The molecule has 0 atom stereocenters. The molecule has 0 saturated heterocycles. The molecule has 0 bridgehead atoms. The van der Waals surface area contributed by atoms with E-state index in [4.69, 9.17) is 0 Å². The van der Waals surface area contributed by atoms with E-state index in [1.165, 1.54) is 35.9 Å². The summed E-state index contributed by atoms with van der Waals surface area (Å²) in [6, 6.07) is 21.5. The molecular formula is C36H24F8. The molecule has 0 aliphatic carbocycles. The third-order valence-corrected chi connectivity index (χ3v) is 7.18. The second-order valence-corrected chi connectivity index (χ2v) is 10.3. The van der Waals surface area contributed by atoms with E-state index in [1.807, 2.05) is 24.3 Å². The maximum atomic E-state index is 15.2. The van der Waals surface area contributed by atoms with Gasteiger partial charge < -0.3 is 0 Å².